The molecule has 2 aromatic carbocycles. The maximum atomic E-state index is 12.4. The lowest BCUT2D eigenvalue weighted by molar-refractivity contribution is -0.126. The van der Waals surface area contributed by atoms with E-state index in [1.807, 2.05) is 48.5 Å². The third-order valence-corrected chi connectivity index (χ3v) is 6.00. The first-order chi connectivity index (χ1) is 10.6. The first-order valence-electron chi connectivity index (χ1n) is 7.36. The van der Waals surface area contributed by atoms with Gasteiger partial charge in [-0.1, -0.05) is 48.5 Å². The lowest BCUT2D eigenvalue weighted by atomic mass is 9.54. The van der Waals surface area contributed by atoms with Gasteiger partial charge in [-0.05, 0) is 22.3 Å². The molecule has 2 bridgehead atoms. The summed E-state index contributed by atoms with van der Waals surface area (Å²) < 4.78 is 0. The van der Waals surface area contributed by atoms with E-state index in [4.69, 9.17) is 11.6 Å². The molecule has 22 heavy (non-hydrogen) atoms. The van der Waals surface area contributed by atoms with Crippen LogP contribution in [0.5, 0.6) is 0 Å². The number of imide groups is 1. The number of rotatable bonds is 0. The minimum absolute atomic E-state index is 0.0931. The zero-order chi connectivity index (χ0) is 15.1. The standard InChI is InChI=1S/C18H12ClNO2/c19-18-11-7-3-1-5-9(11)13(10-6-2-4-8-12(10)18)14-15(18)17(22)20-16(14)21/h1-8,13-15H,(H,20,21,22)/t13?,14-,15-,18?/m0/s1. The first-order valence-corrected chi connectivity index (χ1v) is 7.74. The molecule has 4 heteroatoms. The molecule has 3 nitrogen and oxygen atoms in total. The van der Waals surface area contributed by atoms with Gasteiger partial charge in [-0.2, -0.15) is 0 Å². The van der Waals surface area contributed by atoms with Crippen LogP contribution < -0.4 is 5.32 Å². The number of carbonyl (C=O) groups is 2. The summed E-state index contributed by atoms with van der Waals surface area (Å²) in [6.45, 7) is 0. The summed E-state index contributed by atoms with van der Waals surface area (Å²) in [4.78, 5) is 23.8. The number of nitrogens with one attached hydrogen (secondary N) is 1. The van der Waals surface area contributed by atoms with Gasteiger partial charge in [0, 0.05) is 5.92 Å². The highest BCUT2D eigenvalue weighted by Crippen LogP contribution is 2.64. The van der Waals surface area contributed by atoms with Crippen molar-refractivity contribution < 1.29 is 9.59 Å². The Labute approximate surface area is 132 Å². The molecule has 2 aromatic rings. The Hall–Kier alpha value is -2.13. The van der Waals surface area contributed by atoms with Gasteiger partial charge in [-0.15, -0.1) is 11.6 Å². The van der Waals surface area contributed by atoms with E-state index in [0.29, 0.717) is 0 Å². The maximum Gasteiger partial charge on any atom is 0.233 e. The second-order valence-electron chi connectivity index (χ2n) is 6.22. The van der Waals surface area contributed by atoms with Crippen LogP contribution in [-0.2, 0) is 14.5 Å². The molecule has 4 aliphatic rings. The van der Waals surface area contributed by atoms with Crippen LogP contribution >= 0.6 is 11.6 Å². The van der Waals surface area contributed by atoms with Crippen molar-refractivity contribution in [1.29, 1.82) is 0 Å². The van der Waals surface area contributed by atoms with Crippen LogP contribution in [0.3, 0.4) is 0 Å². The molecular formula is C18H12ClNO2. The fraction of sp³-hybridized carbons (Fsp3) is 0.222. The maximum absolute atomic E-state index is 12.4. The minimum Gasteiger partial charge on any atom is -0.296 e. The van der Waals surface area contributed by atoms with Crippen LogP contribution in [0.4, 0.5) is 0 Å². The van der Waals surface area contributed by atoms with Crippen molar-refractivity contribution in [1.82, 2.24) is 5.32 Å². The lowest BCUT2D eigenvalue weighted by Crippen LogP contribution is -2.50. The minimum atomic E-state index is -0.956. The highest BCUT2D eigenvalue weighted by atomic mass is 35.5. The summed E-state index contributed by atoms with van der Waals surface area (Å²) in [5.74, 6) is -1.48. The molecule has 6 rings (SSSR count). The number of carbonyl (C=O) groups excluding carboxylic acids is 2. The summed E-state index contributed by atoms with van der Waals surface area (Å²) in [5.41, 5.74) is 4.07. The van der Waals surface area contributed by atoms with Gasteiger partial charge in [0.1, 0.15) is 4.87 Å². The Morgan fingerprint density at radius 1 is 0.864 bits per heavy atom. The van der Waals surface area contributed by atoms with Gasteiger partial charge in [0.2, 0.25) is 11.8 Å². The van der Waals surface area contributed by atoms with Gasteiger partial charge in [0.25, 0.3) is 0 Å². The van der Waals surface area contributed by atoms with Gasteiger partial charge >= 0.3 is 0 Å². The van der Waals surface area contributed by atoms with Gasteiger partial charge in [-0.3, -0.25) is 14.9 Å². The van der Waals surface area contributed by atoms with Crippen molar-refractivity contribution in [3.05, 3.63) is 70.8 Å². The van der Waals surface area contributed by atoms with Crippen LogP contribution in [-0.4, -0.2) is 11.8 Å². The Bertz CT molecular complexity index is 812. The molecular weight excluding hydrogens is 298 g/mol. The lowest BCUT2D eigenvalue weighted by Gasteiger charge is -2.50. The Balaban J connectivity index is 1.94. The van der Waals surface area contributed by atoms with Crippen molar-refractivity contribution in [2.45, 2.75) is 10.8 Å². The van der Waals surface area contributed by atoms with E-state index < -0.39 is 16.7 Å². The number of hydrogen-bond donors (Lipinski definition) is 1. The summed E-state index contributed by atoms with van der Waals surface area (Å²) in [5, 5.41) is 2.49. The van der Waals surface area contributed by atoms with Gasteiger partial charge in [0.05, 0.1) is 11.8 Å². The summed E-state index contributed by atoms with van der Waals surface area (Å²) in [6, 6.07) is 15.8. The normalized spacial score (nSPS) is 34.0. The topological polar surface area (TPSA) is 46.2 Å². The predicted octanol–water partition coefficient (Wildman–Crippen LogP) is 2.52. The highest BCUT2D eigenvalue weighted by molar-refractivity contribution is 6.30. The van der Waals surface area contributed by atoms with Crippen molar-refractivity contribution >= 4 is 23.4 Å². The zero-order valence-electron chi connectivity index (χ0n) is 11.5. The van der Waals surface area contributed by atoms with E-state index in [-0.39, 0.29) is 17.7 Å². The van der Waals surface area contributed by atoms with E-state index in [1.165, 1.54) is 0 Å². The van der Waals surface area contributed by atoms with Crippen molar-refractivity contribution in [3.8, 4) is 0 Å². The monoisotopic (exact) mass is 309 g/mol. The van der Waals surface area contributed by atoms with Gasteiger partial charge in [-0.25, -0.2) is 0 Å². The van der Waals surface area contributed by atoms with Crippen molar-refractivity contribution in [3.63, 3.8) is 0 Å². The second-order valence-corrected chi connectivity index (χ2v) is 6.82. The number of alkyl halides is 1. The molecule has 1 aliphatic heterocycles. The Morgan fingerprint density at radius 3 is 2.00 bits per heavy atom. The molecule has 2 amide bonds. The van der Waals surface area contributed by atoms with E-state index in [2.05, 4.69) is 5.32 Å². The van der Waals surface area contributed by atoms with Gasteiger partial charge in [0.15, 0.2) is 0 Å². The SMILES string of the molecule is O=C1NC(=O)[C@H]2C3c4ccccc4C(Cl)(c4ccccc43)[C@H]12. The molecule has 1 N–H and O–H groups in total. The molecule has 0 unspecified atom stereocenters. The number of amides is 2. The third kappa shape index (κ3) is 1.17. The van der Waals surface area contributed by atoms with E-state index in [9.17, 15) is 9.59 Å². The quantitative estimate of drug-likeness (QED) is 0.600. The molecule has 1 heterocycles. The van der Waals surface area contributed by atoms with E-state index >= 15 is 0 Å². The van der Waals surface area contributed by atoms with Crippen molar-refractivity contribution in [2.24, 2.45) is 11.8 Å². The fourth-order valence-corrected chi connectivity index (χ4v) is 5.18. The molecule has 0 spiro atoms. The van der Waals surface area contributed by atoms with Crippen LogP contribution in [0.2, 0.25) is 0 Å². The van der Waals surface area contributed by atoms with Crippen LogP contribution in [0.15, 0.2) is 48.5 Å². The molecule has 0 aromatic heterocycles. The average molecular weight is 310 g/mol. The number of hydrogen-bond acceptors (Lipinski definition) is 2. The Kier molecular flexibility index (Phi) is 2.14. The number of benzene rings is 2. The predicted molar refractivity (Wildman–Crippen MR) is 81.5 cm³/mol. The van der Waals surface area contributed by atoms with Crippen LogP contribution in [0, 0.1) is 11.8 Å². The third-order valence-electron chi connectivity index (χ3n) is 5.35. The van der Waals surface area contributed by atoms with Crippen LogP contribution in [0.1, 0.15) is 28.2 Å². The van der Waals surface area contributed by atoms with Crippen molar-refractivity contribution in [2.75, 3.05) is 0 Å². The molecule has 3 aliphatic carbocycles. The summed E-state index contributed by atoms with van der Waals surface area (Å²) in [6.07, 6.45) is 0. The zero-order valence-corrected chi connectivity index (χ0v) is 12.3. The molecule has 2 atom stereocenters. The smallest absolute Gasteiger partial charge is 0.233 e. The first kappa shape index (κ1) is 12.4. The summed E-state index contributed by atoms with van der Waals surface area (Å²) in [7, 11) is 0. The van der Waals surface area contributed by atoms with E-state index in [0.717, 1.165) is 22.3 Å². The second kappa shape index (κ2) is 3.79. The summed E-state index contributed by atoms with van der Waals surface area (Å²) >= 11 is 7.11. The fourth-order valence-electron chi connectivity index (χ4n) is 4.60. The number of halogens is 1. The van der Waals surface area contributed by atoms with Crippen LogP contribution in [0.25, 0.3) is 0 Å². The Morgan fingerprint density at radius 2 is 1.41 bits per heavy atom. The largest absolute Gasteiger partial charge is 0.296 e. The highest BCUT2D eigenvalue weighted by Gasteiger charge is 2.65. The molecule has 1 saturated heterocycles. The molecule has 108 valence electrons. The molecule has 1 fully saturated rings. The van der Waals surface area contributed by atoms with E-state index in [1.54, 1.807) is 0 Å². The van der Waals surface area contributed by atoms with Gasteiger partial charge < -0.3 is 0 Å². The molecule has 0 saturated carbocycles. The average Bonchev–Trinajstić information content (AvgIpc) is 2.84. The molecule has 0 radical (unpaired) electrons.